The first kappa shape index (κ1) is 13.4. The van der Waals surface area contributed by atoms with Crippen LogP contribution in [0.3, 0.4) is 0 Å². The average Bonchev–Trinajstić information content (AvgIpc) is 2.47. The second-order valence-corrected chi connectivity index (χ2v) is 5.46. The van der Waals surface area contributed by atoms with Crippen LogP contribution in [0.25, 0.3) is 0 Å². The maximum atomic E-state index is 9.94. The molecule has 1 heterocycles. The van der Waals surface area contributed by atoms with Crippen LogP contribution < -0.4 is 5.32 Å². The van der Waals surface area contributed by atoms with Crippen molar-refractivity contribution < 1.29 is 9.84 Å². The molecule has 104 valence electrons. The highest BCUT2D eigenvalue weighted by atomic mass is 35.5. The van der Waals surface area contributed by atoms with E-state index in [9.17, 15) is 5.11 Å². The van der Waals surface area contributed by atoms with Crippen LogP contribution in [0.5, 0.6) is 0 Å². The summed E-state index contributed by atoms with van der Waals surface area (Å²) in [5.74, 6) is 0. The predicted octanol–water partition coefficient (Wildman–Crippen LogP) is 3.17. The standard InChI is InChI=1S/C16H16ClNO2/c17-13-5-3-6-14(8-13)18-16(10-19)11-20-9-12-4-1-2-7-15(12)16/h1-8,18-19H,9-11H2. The lowest BCUT2D eigenvalue weighted by Crippen LogP contribution is -2.46. The average molecular weight is 290 g/mol. The maximum Gasteiger partial charge on any atom is 0.110 e. The fourth-order valence-electron chi connectivity index (χ4n) is 2.64. The van der Waals surface area contributed by atoms with Gasteiger partial charge in [-0.15, -0.1) is 0 Å². The molecule has 1 aliphatic heterocycles. The van der Waals surface area contributed by atoms with Crippen LogP contribution in [0.15, 0.2) is 48.5 Å². The number of anilines is 1. The van der Waals surface area contributed by atoms with Gasteiger partial charge in [0, 0.05) is 10.7 Å². The van der Waals surface area contributed by atoms with Crippen molar-refractivity contribution in [2.75, 3.05) is 18.5 Å². The molecule has 0 amide bonds. The molecule has 0 saturated carbocycles. The van der Waals surface area contributed by atoms with Crippen molar-refractivity contribution in [2.24, 2.45) is 0 Å². The molecule has 0 aliphatic carbocycles. The molecular weight excluding hydrogens is 274 g/mol. The Balaban J connectivity index is 2.00. The zero-order chi connectivity index (χ0) is 14.0. The number of halogens is 1. The molecule has 2 aromatic carbocycles. The van der Waals surface area contributed by atoms with Crippen LogP contribution >= 0.6 is 11.6 Å². The van der Waals surface area contributed by atoms with Crippen LogP contribution in [-0.4, -0.2) is 18.3 Å². The lowest BCUT2D eigenvalue weighted by Gasteiger charge is -2.39. The van der Waals surface area contributed by atoms with E-state index in [0.29, 0.717) is 18.2 Å². The van der Waals surface area contributed by atoms with Gasteiger partial charge >= 0.3 is 0 Å². The molecule has 1 unspecified atom stereocenters. The molecule has 0 aromatic heterocycles. The summed E-state index contributed by atoms with van der Waals surface area (Å²) in [4.78, 5) is 0. The SMILES string of the molecule is OCC1(Nc2cccc(Cl)c2)COCc2ccccc21. The van der Waals surface area contributed by atoms with Gasteiger partial charge in [0.25, 0.3) is 0 Å². The van der Waals surface area contributed by atoms with Crippen molar-refractivity contribution in [3.63, 3.8) is 0 Å². The van der Waals surface area contributed by atoms with E-state index in [1.54, 1.807) is 0 Å². The zero-order valence-electron chi connectivity index (χ0n) is 11.0. The topological polar surface area (TPSA) is 41.5 Å². The zero-order valence-corrected chi connectivity index (χ0v) is 11.7. The van der Waals surface area contributed by atoms with Crippen molar-refractivity contribution >= 4 is 17.3 Å². The van der Waals surface area contributed by atoms with Gasteiger partial charge in [-0.3, -0.25) is 0 Å². The van der Waals surface area contributed by atoms with Gasteiger partial charge in [0.2, 0.25) is 0 Å². The van der Waals surface area contributed by atoms with Crippen molar-refractivity contribution in [3.05, 3.63) is 64.7 Å². The first-order valence-corrected chi connectivity index (χ1v) is 6.92. The maximum absolute atomic E-state index is 9.94. The van der Waals surface area contributed by atoms with E-state index in [0.717, 1.165) is 16.8 Å². The van der Waals surface area contributed by atoms with Gasteiger partial charge in [0.05, 0.1) is 19.8 Å². The molecular formula is C16H16ClNO2. The first-order valence-electron chi connectivity index (χ1n) is 6.54. The summed E-state index contributed by atoms with van der Waals surface area (Å²) in [7, 11) is 0. The van der Waals surface area contributed by atoms with Gasteiger partial charge < -0.3 is 15.2 Å². The number of hydrogen-bond donors (Lipinski definition) is 2. The predicted molar refractivity (Wildman–Crippen MR) is 79.9 cm³/mol. The Bertz CT molecular complexity index is 617. The Hall–Kier alpha value is -1.55. The largest absolute Gasteiger partial charge is 0.393 e. The van der Waals surface area contributed by atoms with Crippen LogP contribution in [0.1, 0.15) is 11.1 Å². The van der Waals surface area contributed by atoms with E-state index in [1.807, 2.05) is 48.5 Å². The number of aliphatic hydroxyl groups excluding tert-OH is 1. The van der Waals surface area contributed by atoms with Crippen LogP contribution in [-0.2, 0) is 16.9 Å². The quantitative estimate of drug-likeness (QED) is 0.912. The molecule has 4 heteroatoms. The highest BCUT2D eigenvalue weighted by Crippen LogP contribution is 2.33. The molecule has 0 saturated heterocycles. The fraction of sp³-hybridized carbons (Fsp3) is 0.250. The van der Waals surface area contributed by atoms with Gasteiger partial charge in [0.15, 0.2) is 0 Å². The van der Waals surface area contributed by atoms with E-state index in [2.05, 4.69) is 5.32 Å². The number of rotatable bonds is 3. The minimum atomic E-state index is -0.625. The monoisotopic (exact) mass is 289 g/mol. The third kappa shape index (κ3) is 2.40. The number of nitrogens with one attached hydrogen (secondary N) is 1. The summed E-state index contributed by atoms with van der Waals surface area (Å²) in [6.45, 7) is 0.957. The molecule has 0 bridgehead atoms. The number of hydrogen-bond acceptors (Lipinski definition) is 3. The van der Waals surface area contributed by atoms with E-state index >= 15 is 0 Å². The number of ether oxygens (including phenoxy) is 1. The van der Waals surface area contributed by atoms with Gasteiger partial charge in [-0.1, -0.05) is 41.9 Å². The molecule has 3 nitrogen and oxygen atoms in total. The third-order valence-corrected chi connectivity index (χ3v) is 3.85. The smallest absolute Gasteiger partial charge is 0.110 e. The third-order valence-electron chi connectivity index (χ3n) is 3.62. The molecule has 1 aliphatic rings. The number of benzene rings is 2. The van der Waals surface area contributed by atoms with Crippen LogP contribution in [0, 0.1) is 0 Å². The van der Waals surface area contributed by atoms with Crippen LogP contribution in [0.2, 0.25) is 5.02 Å². The molecule has 0 spiro atoms. The van der Waals surface area contributed by atoms with E-state index in [-0.39, 0.29) is 6.61 Å². The Kier molecular flexibility index (Phi) is 3.66. The molecule has 20 heavy (non-hydrogen) atoms. The molecule has 0 fully saturated rings. The highest BCUT2D eigenvalue weighted by Gasteiger charge is 2.36. The van der Waals surface area contributed by atoms with Gasteiger partial charge in [0.1, 0.15) is 5.54 Å². The molecule has 2 aromatic rings. The first-order chi connectivity index (χ1) is 9.73. The summed E-state index contributed by atoms with van der Waals surface area (Å²) >= 11 is 6.02. The molecule has 0 radical (unpaired) electrons. The Morgan fingerprint density at radius 2 is 2.05 bits per heavy atom. The van der Waals surface area contributed by atoms with Crippen molar-refractivity contribution in [3.8, 4) is 0 Å². The number of fused-ring (bicyclic) bond motifs is 1. The summed E-state index contributed by atoms with van der Waals surface area (Å²) in [6, 6.07) is 15.5. The van der Waals surface area contributed by atoms with Crippen molar-refractivity contribution in [1.82, 2.24) is 0 Å². The Morgan fingerprint density at radius 3 is 2.85 bits per heavy atom. The molecule has 1 atom stereocenters. The second kappa shape index (κ2) is 5.44. The van der Waals surface area contributed by atoms with Gasteiger partial charge in [-0.2, -0.15) is 0 Å². The van der Waals surface area contributed by atoms with Gasteiger partial charge in [-0.25, -0.2) is 0 Å². The lowest BCUT2D eigenvalue weighted by atomic mass is 9.85. The lowest BCUT2D eigenvalue weighted by molar-refractivity contribution is 0.0357. The normalized spacial score (nSPS) is 21.3. The molecule has 2 N–H and O–H groups in total. The van der Waals surface area contributed by atoms with E-state index in [1.165, 1.54) is 0 Å². The summed E-state index contributed by atoms with van der Waals surface area (Å²) in [5.41, 5.74) is 2.42. The minimum Gasteiger partial charge on any atom is -0.393 e. The fourth-order valence-corrected chi connectivity index (χ4v) is 2.83. The highest BCUT2D eigenvalue weighted by molar-refractivity contribution is 6.30. The molecule has 3 rings (SSSR count). The summed E-state index contributed by atoms with van der Waals surface area (Å²) in [5, 5.41) is 14.0. The van der Waals surface area contributed by atoms with Crippen LogP contribution in [0.4, 0.5) is 5.69 Å². The van der Waals surface area contributed by atoms with E-state index < -0.39 is 5.54 Å². The van der Waals surface area contributed by atoms with Crippen molar-refractivity contribution in [1.29, 1.82) is 0 Å². The number of aliphatic hydroxyl groups is 1. The minimum absolute atomic E-state index is 0.0451. The van der Waals surface area contributed by atoms with Crippen molar-refractivity contribution in [2.45, 2.75) is 12.1 Å². The summed E-state index contributed by atoms with van der Waals surface area (Å²) < 4.78 is 5.65. The Labute approximate surface area is 123 Å². The van der Waals surface area contributed by atoms with E-state index in [4.69, 9.17) is 16.3 Å². The Morgan fingerprint density at radius 1 is 1.20 bits per heavy atom. The summed E-state index contributed by atoms with van der Waals surface area (Å²) in [6.07, 6.45) is 0. The second-order valence-electron chi connectivity index (χ2n) is 5.03. The van der Waals surface area contributed by atoms with Gasteiger partial charge in [-0.05, 0) is 29.3 Å².